The number of unbranched alkanes of at least 4 members (excludes halogenated alkanes) is 50. The van der Waals surface area contributed by atoms with E-state index in [2.05, 4.69) is 57.2 Å². The maximum atomic E-state index is 12.9. The molecule has 0 bridgehead atoms. The molecule has 0 radical (unpaired) electrons. The Balaban J connectivity index is 3.97. The number of ether oxygens (including phenoxy) is 3. The molecule has 0 aliphatic heterocycles. The maximum Gasteiger partial charge on any atom is 0.306 e. The quantitative estimate of drug-likeness (QED) is 0.0261. The second kappa shape index (κ2) is 69.1. The summed E-state index contributed by atoms with van der Waals surface area (Å²) in [5, 5.41) is 0. The van der Waals surface area contributed by atoms with Gasteiger partial charge in [-0.15, -0.1) is 0 Å². The Labute approximate surface area is 499 Å². The Morgan fingerprint density at radius 1 is 0.250 bits per heavy atom. The highest BCUT2D eigenvalue weighted by atomic mass is 16.6. The fourth-order valence-corrected chi connectivity index (χ4v) is 10.9. The number of rotatable bonds is 67. The van der Waals surface area contributed by atoms with Crippen LogP contribution in [0.5, 0.6) is 0 Å². The summed E-state index contributed by atoms with van der Waals surface area (Å²) in [6.45, 7) is 6.64. The lowest BCUT2D eigenvalue weighted by Gasteiger charge is -2.18. The highest BCUT2D eigenvalue weighted by Crippen LogP contribution is 2.18. The normalized spacial score (nSPS) is 12.2. The third kappa shape index (κ3) is 66.4. The van der Waals surface area contributed by atoms with Crippen molar-refractivity contribution < 1.29 is 28.6 Å². The molecule has 1 atom stereocenters. The summed E-state index contributed by atoms with van der Waals surface area (Å²) in [5.41, 5.74) is 0. The molecule has 6 nitrogen and oxygen atoms in total. The Kier molecular flexibility index (Phi) is 67.1. The van der Waals surface area contributed by atoms with Crippen LogP contribution in [0, 0.1) is 0 Å². The first kappa shape index (κ1) is 77.6. The first-order valence-electron chi connectivity index (χ1n) is 36.0. The number of allylic oxidation sites excluding steroid dienone is 6. The van der Waals surface area contributed by atoms with Crippen LogP contribution in [0.2, 0.25) is 0 Å². The number of hydrogen-bond acceptors (Lipinski definition) is 6. The third-order valence-corrected chi connectivity index (χ3v) is 16.4. The molecule has 0 fully saturated rings. The maximum absolute atomic E-state index is 12.9. The van der Waals surface area contributed by atoms with E-state index in [0.717, 1.165) is 64.2 Å². The van der Waals surface area contributed by atoms with Crippen LogP contribution in [-0.4, -0.2) is 37.2 Å². The van der Waals surface area contributed by atoms with Crippen molar-refractivity contribution in [2.75, 3.05) is 13.2 Å². The molecule has 0 amide bonds. The van der Waals surface area contributed by atoms with Gasteiger partial charge in [0.2, 0.25) is 0 Å². The molecule has 0 N–H and O–H groups in total. The van der Waals surface area contributed by atoms with Gasteiger partial charge in [-0.3, -0.25) is 14.4 Å². The van der Waals surface area contributed by atoms with Crippen LogP contribution in [0.15, 0.2) is 36.5 Å². The summed E-state index contributed by atoms with van der Waals surface area (Å²) in [7, 11) is 0. The fourth-order valence-electron chi connectivity index (χ4n) is 10.9. The molecule has 0 aromatic rings. The summed E-state index contributed by atoms with van der Waals surface area (Å²) < 4.78 is 16.9. The van der Waals surface area contributed by atoms with Crippen molar-refractivity contribution in [3.63, 3.8) is 0 Å². The molecule has 1 unspecified atom stereocenters. The Bertz CT molecular complexity index is 1340. The minimum absolute atomic E-state index is 0.0668. The minimum Gasteiger partial charge on any atom is -0.462 e. The lowest BCUT2D eigenvalue weighted by Crippen LogP contribution is -2.30. The molecule has 0 saturated heterocycles. The Hall–Kier alpha value is -2.37. The van der Waals surface area contributed by atoms with Crippen molar-refractivity contribution in [2.24, 2.45) is 0 Å². The van der Waals surface area contributed by atoms with E-state index in [-0.39, 0.29) is 31.1 Å². The van der Waals surface area contributed by atoms with Crippen LogP contribution in [0.3, 0.4) is 0 Å². The zero-order valence-corrected chi connectivity index (χ0v) is 54.1. The number of hydrogen-bond donors (Lipinski definition) is 0. The molecule has 0 aromatic heterocycles. The molecular weight excluding hydrogens is 985 g/mol. The number of esters is 3. The van der Waals surface area contributed by atoms with Crippen LogP contribution in [0.4, 0.5) is 0 Å². The standard InChI is InChI=1S/C74H138O6/c1-4-7-10-13-16-18-20-22-24-26-28-30-32-34-36-37-39-40-42-44-46-48-50-52-54-56-58-61-64-67-73(76)79-70-71(69-78-72(75)66-63-60-15-12-9-6-3)80-74(77)68-65-62-59-57-55-53-51-49-47-45-43-41-38-35-33-31-29-27-25-23-21-19-17-14-11-8-5-2/h20,22,26-29,71H,4-19,21,23-25,30-70H2,1-3H3/b22-20-,28-26-,29-27-. The number of carbonyl (C=O) groups is 3. The topological polar surface area (TPSA) is 78.9 Å². The van der Waals surface area contributed by atoms with E-state index >= 15 is 0 Å². The average molecular weight is 1120 g/mol. The van der Waals surface area contributed by atoms with Gasteiger partial charge in [0.15, 0.2) is 6.10 Å². The van der Waals surface area contributed by atoms with Gasteiger partial charge in [0, 0.05) is 19.3 Å². The number of carbonyl (C=O) groups excluding carboxylic acids is 3. The zero-order chi connectivity index (χ0) is 57.8. The van der Waals surface area contributed by atoms with Gasteiger partial charge in [0.25, 0.3) is 0 Å². The summed E-state index contributed by atoms with van der Waals surface area (Å²) in [5.74, 6) is -0.850. The van der Waals surface area contributed by atoms with Gasteiger partial charge < -0.3 is 14.2 Å². The molecule has 0 rings (SSSR count). The van der Waals surface area contributed by atoms with E-state index in [1.54, 1.807) is 0 Å². The molecule has 0 aliphatic rings. The molecule has 0 aromatic carbocycles. The van der Waals surface area contributed by atoms with E-state index in [4.69, 9.17) is 14.2 Å². The lowest BCUT2D eigenvalue weighted by atomic mass is 10.0. The van der Waals surface area contributed by atoms with Gasteiger partial charge >= 0.3 is 17.9 Å². The van der Waals surface area contributed by atoms with Crippen molar-refractivity contribution in [3.8, 4) is 0 Å². The first-order chi connectivity index (χ1) is 39.5. The fraction of sp³-hybridized carbons (Fsp3) is 0.878. The lowest BCUT2D eigenvalue weighted by molar-refractivity contribution is -0.167. The average Bonchev–Trinajstić information content (AvgIpc) is 3.46. The van der Waals surface area contributed by atoms with E-state index in [0.29, 0.717) is 19.3 Å². The summed E-state index contributed by atoms with van der Waals surface area (Å²) >= 11 is 0. The molecule has 470 valence electrons. The molecule has 6 heteroatoms. The first-order valence-corrected chi connectivity index (χ1v) is 36.0. The highest BCUT2D eigenvalue weighted by molar-refractivity contribution is 5.71. The zero-order valence-electron chi connectivity index (χ0n) is 54.1. The third-order valence-electron chi connectivity index (χ3n) is 16.4. The van der Waals surface area contributed by atoms with Gasteiger partial charge in [0.1, 0.15) is 13.2 Å². The molecule has 80 heavy (non-hydrogen) atoms. The van der Waals surface area contributed by atoms with Crippen LogP contribution in [0.1, 0.15) is 400 Å². The van der Waals surface area contributed by atoms with Gasteiger partial charge in [0.05, 0.1) is 0 Å². The summed E-state index contributed by atoms with van der Waals surface area (Å²) in [6, 6.07) is 0. The Morgan fingerprint density at radius 2 is 0.450 bits per heavy atom. The SMILES string of the molecule is CCCCCCC/C=C\C/C=C\CCCCCCCCCCCCCCCCCCCC(=O)OCC(COC(=O)CCCCCCCC)OC(=O)CCCCCCCCCCCCCCCCC/C=C\CCCCCCCCCC. The molecule has 0 aliphatic carbocycles. The summed E-state index contributed by atoms with van der Waals surface area (Å²) in [6.07, 6.45) is 86.6. The predicted molar refractivity (Wildman–Crippen MR) is 349 cm³/mol. The summed E-state index contributed by atoms with van der Waals surface area (Å²) in [4.78, 5) is 38.1. The largest absolute Gasteiger partial charge is 0.462 e. The van der Waals surface area contributed by atoms with Crippen LogP contribution in [-0.2, 0) is 28.6 Å². The smallest absolute Gasteiger partial charge is 0.306 e. The van der Waals surface area contributed by atoms with E-state index in [1.165, 1.54) is 295 Å². The van der Waals surface area contributed by atoms with Crippen LogP contribution >= 0.6 is 0 Å². The van der Waals surface area contributed by atoms with Gasteiger partial charge in [-0.1, -0.05) is 340 Å². The highest BCUT2D eigenvalue weighted by Gasteiger charge is 2.19. The van der Waals surface area contributed by atoms with Crippen molar-refractivity contribution in [1.29, 1.82) is 0 Å². The van der Waals surface area contributed by atoms with Gasteiger partial charge in [-0.05, 0) is 77.0 Å². The van der Waals surface area contributed by atoms with E-state index in [9.17, 15) is 14.4 Å². The monoisotopic (exact) mass is 1120 g/mol. The molecule has 0 heterocycles. The van der Waals surface area contributed by atoms with Crippen molar-refractivity contribution in [2.45, 2.75) is 406 Å². The van der Waals surface area contributed by atoms with Gasteiger partial charge in [-0.25, -0.2) is 0 Å². The van der Waals surface area contributed by atoms with E-state index in [1.807, 2.05) is 0 Å². The molecule has 0 spiro atoms. The second-order valence-electron chi connectivity index (χ2n) is 24.5. The molecular formula is C74H138O6. The molecule has 0 saturated carbocycles. The van der Waals surface area contributed by atoms with Crippen LogP contribution in [0.25, 0.3) is 0 Å². The second-order valence-corrected chi connectivity index (χ2v) is 24.5. The van der Waals surface area contributed by atoms with E-state index < -0.39 is 6.10 Å². The van der Waals surface area contributed by atoms with Crippen molar-refractivity contribution >= 4 is 17.9 Å². The predicted octanol–water partition coefficient (Wildman–Crippen LogP) is 24.7. The van der Waals surface area contributed by atoms with Gasteiger partial charge in [-0.2, -0.15) is 0 Å². The van der Waals surface area contributed by atoms with Crippen molar-refractivity contribution in [3.05, 3.63) is 36.5 Å². The minimum atomic E-state index is -0.767. The van der Waals surface area contributed by atoms with Crippen molar-refractivity contribution in [1.82, 2.24) is 0 Å². The Morgan fingerprint density at radius 3 is 0.700 bits per heavy atom. The van der Waals surface area contributed by atoms with Crippen LogP contribution < -0.4 is 0 Å².